The van der Waals surface area contributed by atoms with Crippen molar-refractivity contribution in [2.24, 2.45) is 4.99 Å². The second-order valence-corrected chi connectivity index (χ2v) is 7.31. The number of rotatable bonds is 10. The highest BCUT2D eigenvalue weighted by Gasteiger charge is 2.09. The first-order valence-corrected chi connectivity index (χ1v) is 10.9. The van der Waals surface area contributed by atoms with Gasteiger partial charge in [0.1, 0.15) is 12.4 Å². The van der Waals surface area contributed by atoms with Crippen molar-refractivity contribution in [3.63, 3.8) is 0 Å². The molecule has 170 valence electrons. The molecule has 0 saturated carbocycles. The van der Waals surface area contributed by atoms with Crippen LogP contribution in [0.1, 0.15) is 24.5 Å². The third-order valence-corrected chi connectivity index (χ3v) is 5.01. The molecule has 1 saturated heterocycles. The molecule has 6 nitrogen and oxygen atoms in total. The molecule has 7 heteroatoms. The number of guanidine groups is 1. The fourth-order valence-corrected chi connectivity index (χ4v) is 3.35. The molecule has 0 radical (unpaired) electrons. The summed E-state index contributed by atoms with van der Waals surface area (Å²) in [6.07, 6.45) is 1.08. The number of hydrogen-bond donors (Lipinski definition) is 2. The number of morpholine rings is 1. The lowest BCUT2D eigenvalue weighted by Gasteiger charge is -2.26. The highest BCUT2D eigenvalue weighted by Crippen LogP contribution is 2.20. The number of ether oxygens (including phenoxy) is 2. The third-order valence-electron chi connectivity index (χ3n) is 5.01. The van der Waals surface area contributed by atoms with Crippen molar-refractivity contribution in [1.29, 1.82) is 0 Å². The van der Waals surface area contributed by atoms with Crippen molar-refractivity contribution in [3.05, 3.63) is 65.7 Å². The summed E-state index contributed by atoms with van der Waals surface area (Å²) in [6, 6.07) is 18.3. The van der Waals surface area contributed by atoms with Crippen molar-refractivity contribution in [3.8, 4) is 5.75 Å². The van der Waals surface area contributed by atoms with Gasteiger partial charge in [0.2, 0.25) is 0 Å². The standard InChI is InChI=1S/C24H34N4O2.HI/c1-2-25-24(26-13-8-14-28-15-17-29-18-16-28)27-19-22-11-6-7-12-23(22)30-20-21-9-4-3-5-10-21;/h3-7,9-12H,2,8,13-20H2,1H3,(H2,25,26,27);1H. The Labute approximate surface area is 203 Å². The number of nitrogens with one attached hydrogen (secondary N) is 2. The molecular formula is C24H35IN4O2. The second kappa shape index (κ2) is 15.0. The number of aliphatic imine (C=N–C) groups is 1. The molecule has 0 atom stereocenters. The van der Waals surface area contributed by atoms with Crippen LogP contribution >= 0.6 is 24.0 Å². The molecular weight excluding hydrogens is 503 g/mol. The number of para-hydroxylation sites is 1. The summed E-state index contributed by atoms with van der Waals surface area (Å²) >= 11 is 0. The lowest BCUT2D eigenvalue weighted by atomic mass is 10.2. The van der Waals surface area contributed by atoms with E-state index in [0.717, 1.165) is 75.2 Å². The van der Waals surface area contributed by atoms with E-state index in [1.165, 1.54) is 0 Å². The second-order valence-electron chi connectivity index (χ2n) is 7.31. The fourth-order valence-electron chi connectivity index (χ4n) is 3.35. The van der Waals surface area contributed by atoms with Crippen LogP contribution in [0.4, 0.5) is 0 Å². The van der Waals surface area contributed by atoms with E-state index >= 15 is 0 Å². The maximum Gasteiger partial charge on any atom is 0.191 e. The van der Waals surface area contributed by atoms with Gasteiger partial charge < -0.3 is 20.1 Å². The molecule has 1 fully saturated rings. The number of hydrogen-bond acceptors (Lipinski definition) is 4. The lowest BCUT2D eigenvalue weighted by molar-refractivity contribution is 0.0376. The zero-order chi connectivity index (χ0) is 20.9. The van der Waals surface area contributed by atoms with Crippen LogP contribution in [-0.2, 0) is 17.9 Å². The van der Waals surface area contributed by atoms with Gasteiger partial charge in [-0.15, -0.1) is 24.0 Å². The van der Waals surface area contributed by atoms with Crippen LogP contribution in [0.2, 0.25) is 0 Å². The van der Waals surface area contributed by atoms with Crippen molar-refractivity contribution >= 4 is 29.9 Å². The van der Waals surface area contributed by atoms with E-state index < -0.39 is 0 Å². The zero-order valence-corrected chi connectivity index (χ0v) is 20.7. The summed E-state index contributed by atoms with van der Waals surface area (Å²) in [5.74, 6) is 1.73. The summed E-state index contributed by atoms with van der Waals surface area (Å²) < 4.78 is 11.5. The molecule has 0 unspecified atom stereocenters. The maximum atomic E-state index is 6.06. The fraction of sp³-hybridized carbons (Fsp3) is 0.458. The van der Waals surface area contributed by atoms with Crippen LogP contribution in [0.15, 0.2) is 59.6 Å². The molecule has 0 bridgehead atoms. The van der Waals surface area contributed by atoms with Gasteiger partial charge >= 0.3 is 0 Å². The SMILES string of the molecule is CCNC(=NCc1ccccc1OCc1ccccc1)NCCCN1CCOCC1.I. The molecule has 2 aromatic carbocycles. The van der Waals surface area contributed by atoms with Crippen molar-refractivity contribution in [1.82, 2.24) is 15.5 Å². The van der Waals surface area contributed by atoms with Crippen LogP contribution in [0.25, 0.3) is 0 Å². The molecule has 2 N–H and O–H groups in total. The Morgan fingerprint density at radius 3 is 2.55 bits per heavy atom. The van der Waals surface area contributed by atoms with Crippen molar-refractivity contribution in [2.45, 2.75) is 26.5 Å². The van der Waals surface area contributed by atoms with Gasteiger partial charge in [0.15, 0.2) is 5.96 Å². The van der Waals surface area contributed by atoms with Crippen molar-refractivity contribution < 1.29 is 9.47 Å². The zero-order valence-electron chi connectivity index (χ0n) is 18.4. The Morgan fingerprint density at radius 2 is 1.77 bits per heavy atom. The monoisotopic (exact) mass is 538 g/mol. The average molecular weight is 538 g/mol. The molecule has 0 aliphatic carbocycles. The lowest BCUT2D eigenvalue weighted by Crippen LogP contribution is -2.40. The van der Waals surface area contributed by atoms with Crippen LogP contribution in [-0.4, -0.2) is 56.8 Å². The predicted molar refractivity (Wildman–Crippen MR) is 137 cm³/mol. The quantitative estimate of drug-likeness (QED) is 0.209. The Morgan fingerprint density at radius 1 is 1.03 bits per heavy atom. The normalized spacial score (nSPS) is 14.5. The van der Waals surface area contributed by atoms with E-state index in [1.807, 2.05) is 36.4 Å². The Balaban J connectivity index is 0.00000341. The van der Waals surface area contributed by atoms with Gasteiger partial charge in [0.25, 0.3) is 0 Å². The first kappa shape index (κ1) is 25.4. The number of nitrogens with zero attached hydrogens (tertiary/aromatic N) is 2. The molecule has 1 heterocycles. The predicted octanol–water partition coefficient (Wildman–Crippen LogP) is 3.66. The smallest absolute Gasteiger partial charge is 0.191 e. The van der Waals surface area contributed by atoms with Crippen LogP contribution in [0, 0.1) is 0 Å². The van der Waals surface area contributed by atoms with E-state index in [1.54, 1.807) is 0 Å². The molecule has 3 rings (SSSR count). The largest absolute Gasteiger partial charge is 0.489 e. The van der Waals surface area contributed by atoms with Gasteiger partial charge in [-0.25, -0.2) is 4.99 Å². The van der Waals surface area contributed by atoms with E-state index in [-0.39, 0.29) is 24.0 Å². The average Bonchev–Trinajstić information content (AvgIpc) is 2.80. The summed E-state index contributed by atoms with van der Waals surface area (Å²) in [5, 5.41) is 6.78. The van der Waals surface area contributed by atoms with Gasteiger partial charge in [0.05, 0.1) is 19.8 Å². The van der Waals surface area contributed by atoms with Crippen LogP contribution < -0.4 is 15.4 Å². The molecule has 0 aromatic heterocycles. The van der Waals surface area contributed by atoms with Crippen LogP contribution in [0.5, 0.6) is 5.75 Å². The summed E-state index contributed by atoms with van der Waals surface area (Å²) in [7, 11) is 0. The van der Waals surface area contributed by atoms with Gasteiger partial charge in [-0.1, -0.05) is 48.5 Å². The van der Waals surface area contributed by atoms with Gasteiger partial charge in [-0.2, -0.15) is 0 Å². The molecule has 0 amide bonds. The first-order chi connectivity index (χ1) is 14.8. The van der Waals surface area contributed by atoms with Gasteiger partial charge in [0, 0.05) is 31.7 Å². The Bertz CT molecular complexity index is 767. The summed E-state index contributed by atoms with van der Waals surface area (Å²) in [5.41, 5.74) is 2.24. The van der Waals surface area contributed by atoms with Gasteiger partial charge in [-0.3, -0.25) is 4.90 Å². The Hall–Kier alpha value is -1.84. The molecule has 1 aliphatic rings. The van der Waals surface area contributed by atoms with Crippen molar-refractivity contribution in [2.75, 3.05) is 45.9 Å². The minimum Gasteiger partial charge on any atom is -0.489 e. The van der Waals surface area contributed by atoms with E-state index in [9.17, 15) is 0 Å². The highest BCUT2D eigenvalue weighted by atomic mass is 127. The van der Waals surface area contributed by atoms with E-state index in [4.69, 9.17) is 14.5 Å². The summed E-state index contributed by atoms with van der Waals surface area (Å²) in [4.78, 5) is 7.22. The number of halogens is 1. The highest BCUT2D eigenvalue weighted by molar-refractivity contribution is 14.0. The topological polar surface area (TPSA) is 58.1 Å². The molecule has 2 aromatic rings. The molecule has 1 aliphatic heterocycles. The number of benzene rings is 2. The van der Waals surface area contributed by atoms with E-state index in [0.29, 0.717) is 13.2 Å². The molecule has 0 spiro atoms. The third kappa shape index (κ3) is 9.45. The van der Waals surface area contributed by atoms with Crippen LogP contribution in [0.3, 0.4) is 0 Å². The van der Waals surface area contributed by atoms with Gasteiger partial charge in [-0.05, 0) is 31.5 Å². The van der Waals surface area contributed by atoms with E-state index in [2.05, 4.69) is 40.7 Å². The Kier molecular flexibility index (Phi) is 12.3. The minimum absolute atomic E-state index is 0. The minimum atomic E-state index is 0. The molecule has 31 heavy (non-hydrogen) atoms. The first-order valence-electron chi connectivity index (χ1n) is 10.9. The summed E-state index contributed by atoms with van der Waals surface area (Å²) in [6.45, 7) is 9.81. The maximum absolute atomic E-state index is 6.06.